The van der Waals surface area contributed by atoms with Crippen molar-refractivity contribution in [3.05, 3.63) is 80.3 Å². The van der Waals surface area contributed by atoms with Crippen molar-refractivity contribution in [1.82, 2.24) is 0 Å². The minimum absolute atomic E-state index is 0.147. The molecule has 0 saturated carbocycles. The number of methoxy groups -OCH3 is 2. The van der Waals surface area contributed by atoms with Gasteiger partial charge in [-0.1, -0.05) is 40.9 Å². The Kier molecular flexibility index (Phi) is 7.96. The predicted molar refractivity (Wildman–Crippen MR) is 126 cm³/mol. The van der Waals surface area contributed by atoms with Crippen LogP contribution in [0.4, 0.5) is 5.69 Å². The molecule has 3 rings (SSSR count). The molecule has 0 unspecified atom stereocenters. The number of carboxylic acids is 1. The Morgan fingerprint density at radius 1 is 0.938 bits per heavy atom. The van der Waals surface area contributed by atoms with E-state index in [2.05, 4.69) is 5.32 Å². The minimum atomic E-state index is -1.03. The molecule has 3 aromatic rings. The van der Waals surface area contributed by atoms with E-state index in [9.17, 15) is 9.90 Å². The van der Waals surface area contributed by atoms with Gasteiger partial charge in [-0.25, -0.2) is 4.79 Å². The van der Waals surface area contributed by atoms with Gasteiger partial charge in [-0.2, -0.15) is 0 Å². The Morgan fingerprint density at radius 3 is 2.34 bits per heavy atom. The van der Waals surface area contributed by atoms with E-state index in [-0.39, 0.29) is 12.2 Å². The number of hydrogen-bond acceptors (Lipinski definition) is 5. The lowest BCUT2D eigenvalue weighted by Gasteiger charge is -2.16. The molecule has 0 aliphatic rings. The summed E-state index contributed by atoms with van der Waals surface area (Å²) in [5.74, 6) is 0.329. The van der Waals surface area contributed by atoms with Gasteiger partial charge in [0.25, 0.3) is 0 Å². The van der Waals surface area contributed by atoms with E-state index in [1.165, 1.54) is 26.4 Å². The van der Waals surface area contributed by atoms with E-state index in [1.807, 2.05) is 0 Å². The Labute approximate surface area is 200 Å². The molecule has 0 aliphatic heterocycles. The van der Waals surface area contributed by atoms with E-state index in [0.717, 1.165) is 11.1 Å². The summed E-state index contributed by atoms with van der Waals surface area (Å²) in [6.45, 7) is 0.529. The molecule has 0 aromatic heterocycles. The van der Waals surface area contributed by atoms with Crippen molar-refractivity contribution in [2.45, 2.75) is 13.2 Å². The van der Waals surface area contributed by atoms with Crippen molar-refractivity contribution in [3.8, 4) is 17.2 Å². The monoisotopic (exact) mass is 495 g/mol. The molecular weight excluding hydrogens is 477 g/mol. The van der Waals surface area contributed by atoms with Gasteiger partial charge in [0, 0.05) is 22.2 Å². The van der Waals surface area contributed by atoms with Crippen LogP contribution in [0.25, 0.3) is 0 Å². The summed E-state index contributed by atoms with van der Waals surface area (Å²) < 4.78 is 16.6. The van der Waals surface area contributed by atoms with Crippen molar-refractivity contribution in [3.63, 3.8) is 0 Å². The van der Waals surface area contributed by atoms with Crippen molar-refractivity contribution in [2.75, 3.05) is 19.5 Å². The van der Waals surface area contributed by atoms with Gasteiger partial charge < -0.3 is 24.6 Å². The van der Waals surface area contributed by atoms with Crippen LogP contribution in [0.5, 0.6) is 17.2 Å². The minimum Gasteiger partial charge on any atom is -0.495 e. The Morgan fingerprint density at radius 2 is 1.69 bits per heavy atom. The topological polar surface area (TPSA) is 77.0 Å². The number of halogens is 3. The number of benzene rings is 3. The molecule has 0 aliphatic carbocycles. The van der Waals surface area contributed by atoms with Crippen LogP contribution in [-0.4, -0.2) is 25.3 Å². The lowest BCUT2D eigenvalue weighted by molar-refractivity contribution is 0.0697. The molecule has 0 saturated heterocycles. The van der Waals surface area contributed by atoms with E-state index < -0.39 is 5.97 Å². The Bertz CT molecular complexity index is 1140. The molecule has 0 bridgehead atoms. The molecule has 0 radical (unpaired) electrons. The summed E-state index contributed by atoms with van der Waals surface area (Å²) in [5.41, 5.74) is 2.24. The van der Waals surface area contributed by atoms with Gasteiger partial charge in [0.05, 0.1) is 30.5 Å². The number of hydrogen-bond donors (Lipinski definition) is 2. The maximum Gasteiger partial charge on any atom is 0.335 e. The molecule has 0 heterocycles. The zero-order valence-corrected chi connectivity index (χ0v) is 19.5. The highest BCUT2D eigenvalue weighted by molar-refractivity contribution is 6.35. The molecule has 0 spiro atoms. The van der Waals surface area contributed by atoms with Crippen molar-refractivity contribution < 1.29 is 24.1 Å². The molecule has 32 heavy (non-hydrogen) atoms. The normalized spacial score (nSPS) is 10.5. The molecule has 2 N–H and O–H groups in total. The van der Waals surface area contributed by atoms with E-state index in [1.54, 1.807) is 36.4 Å². The number of rotatable bonds is 9. The maximum atomic E-state index is 11.3. The summed E-state index contributed by atoms with van der Waals surface area (Å²) in [4.78, 5) is 11.3. The number of aromatic carboxylic acids is 1. The molecule has 0 atom stereocenters. The quantitative estimate of drug-likeness (QED) is 0.350. The molecule has 9 heteroatoms. The lowest BCUT2D eigenvalue weighted by atomic mass is 10.1. The SMILES string of the molecule is COc1ccc(C(=O)O)cc1NCc1cc(Cl)c(OCc2ccc(Cl)cc2Cl)c(OC)c1. The van der Waals surface area contributed by atoms with Crippen LogP contribution in [0.2, 0.25) is 15.1 Å². The van der Waals surface area contributed by atoms with Gasteiger partial charge in [0.2, 0.25) is 0 Å². The Balaban J connectivity index is 1.78. The average Bonchev–Trinajstić information content (AvgIpc) is 2.77. The van der Waals surface area contributed by atoms with Crippen LogP contribution >= 0.6 is 34.8 Å². The van der Waals surface area contributed by atoms with Crippen LogP contribution < -0.4 is 19.5 Å². The first-order valence-corrected chi connectivity index (χ1v) is 10.5. The van der Waals surface area contributed by atoms with Gasteiger partial charge in [-0.05, 0) is 48.0 Å². The van der Waals surface area contributed by atoms with E-state index in [4.69, 9.17) is 49.0 Å². The molecular formula is C23H20Cl3NO5. The van der Waals surface area contributed by atoms with Crippen LogP contribution in [0.1, 0.15) is 21.5 Å². The highest BCUT2D eigenvalue weighted by Crippen LogP contribution is 2.38. The second kappa shape index (κ2) is 10.7. The summed E-state index contributed by atoms with van der Waals surface area (Å²) in [7, 11) is 3.03. The van der Waals surface area contributed by atoms with Gasteiger partial charge in [0.15, 0.2) is 11.5 Å². The van der Waals surface area contributed by atoms with E-state index >= 15 is 0 Å². The highest BCUT2D eigenvalue weighted by Gasteiger charge is 2.15. The average molecular weight is 497 g/mol. The predicted octanol–water partition coefficient (Wildman–Crippen LogP) is 6.55. The fourth-order valence-electron chi connectivity index (χ4n) is 2.98. The van der Waals surface area contributed by atoms with E-state index in [0.29, 0.717) is 44.5 Å². The maximum absolute atomic E-state index is 11.3. The number of ether oxygens (including phenoxy) is 3. The zero-order chi connectivity index (χ0) is 23.3. The Hall–Kier alpha value is -2.80. The fraction of sp³-hybridized carbons (Fsp3) is 0.174. The molecule has 168 valence electrons. The molecule has 0 amide bonds. The third kappa shape index (κ3) is 5.71. The van der Waals surface area contributed by atoms with Crippen LogP contribution in [0.3, 0.4) is 0 Å². The van der Waals surface area contributed by atoms with Gasteiger partial charge in [-0.3, -0.25) is 0 Å². The number of carbonyl (C=O) groups is 1. The number of nitrogens with one attached hydrogen (secondary N) is 1. The third-order valence-corrected chi connectivity index (χ3v) is 5.47. The lowest BCUT2D eigenvalue weighted by Crippen LogP contribution is -2.05. The second-order valence-corrected chi connectivity index (χ2v) is 7.96. The van der Waals surface area contributed by atoms with Crippen molar-refractivity contribution in [2.24, 2.45) is 0 Å². The summed E-state index contributed by atoms with van der Waals surface area (Å²) in [6.07, 6.45) is 0. The largest absolute Gasteiger partial charge is 0.495 e. The first-order chi connectivity index (χ1) is 15.3. The third-order valence-electron chi connectivity index (χ3n) is 4.61. The zero-order valence-electron chi connectivity index (χ0n) is 17.2. The first kappa shape index (κ1) is 23.9. The van der Waals surface area contributed by atoms with Gasteiger partial charge in [0.1, 0.15) is 12.4 Å². The molecule has 6 nitrogen and oxygen atoms in total. The second-order valence-electron chi connectivity index (χ2n) is 6.71. The van der Waals surface area contributed by atoms with Crippen molar-refractivity contribution >= 4 is 46.5 Å². The van der Waals surface area contributed by atoms with Gasteiger partial charge >= 0.3 is 5.97 Å². The first-order valence-electron chi connectivity index (χ1n) is 9.40. The van der Waals surface area contributed by atoms with Crippen LogP contribution in [0.15, 0.2) is 48.5 Å². The van der Waals surface area contributed by atoms with Gasteiger partial charge in [-0.15, -0.1) is 0 Å². The molecule has 3 aromatic carbocycles. The summed E-state index contributed by atoms with van der Waals surface area (Å²) in [6, 6.07) is 13.3. The number of carboxylic acid groups (broad SMARTS) is 1. The summed E-state index contributed by atoms with van der Waals surface area (Å²) in [5, 5.41) is 13.8. The standard InChI is InChI=1S/C23H20Cl3NO5/c1-30-20-6-4-14(23(28)29)9-19(20)27-11-13-7-18(26)22(21(8-13)31-2)32-12-15-3-5-16(24)10-17(15)25/h3-10,27H,11-12H2,1-2H3,(H,28,29). The summed E-state index contributed by atoms with van der Waals surface area (Å²) >= 11 is 18.6. The molecule has 0 fully saturated rings. The highest BCUT2D eigenvalue weighted by atomic mass is 35.5. The number of anilines is 1. The smallest absolute Gasteiger partial charge is 0.335 e. The van der Waals surface area contributed by atoms with Crippen LogP contribution in [0, 0.1) is 0 Å². The van der Waals surface area contributed by atoms with Crippen LogP contribution in [-0.2, 0) is 13.2 Å². The fourth-order valence-corrected chi connectivity index (χ4v) is 3.73. The van der Waals surface area contributed by atoms with Crippen molar-refractivity contribution in [1.29, 1.82) is 0 Å².